The van der Waals surface area contributed by atoms with Crippen molar-refractivity contribution in [3.63, 3.8) is 0 Å². The highest BCUT2D eigenvalue weighted by Gasteiger charge is 2.09. The molecule has 0 spiro atoms. The van der Waals surface area contributed by atoms with E-state index in [1.807, 2.05) is 26.0 Å². The van der Waals surface area contributed by atoms with Gasteiger partial charge in [-0.3, -0.25) is 4.79 Å². The summed E-state index contributed by atoms with van der Waals surface area (Å²) in [5.74, 6) is 0.109. The predicted octanol–water partition coefficient (Wildman–Crippen LogP) is 3.24. The maximum atomic E-state index is 11.4. The summed E-state index contributed by atoms with van der Waals surface area (Å²) >= 11 is 5.88. The number of aryl methyl sites for hydroxylation is 1. The van der Waals surface area contributed by atoms with Crippen molar-refractivity contribution < 1.29 is 4.79 Å². The average molecular weight is 183 g/mol. The summed E-state index contributed by atoms with van der Waals surface area (Å²) < 4.78 is 0. The van der Waals surface area contributed by atoms with Crippen molar-refractivity contribution in [2.45, 2.75) is 20.3 Å². The SMILES string of the molecule is CCC(=O)c1c(C)cccc1Cl. The third kappa shape index (κ3) is 1.67. The van der Waals surface area contributed by atoms with Gasteiger partial charge in [-0.15, -0.1) is 0 Å². The van der Waals surface area contributed by atoms with Crippen LogP contribution < -0.4 is 0 Å². The number of hydrogen-bond donors (Lipinski definition) is 0. The van der Waals surface area contributed by atoms with E-state index in [2.05, 4.69) is 0 Å². The van der Waals surface area contributed by atoms with Gasteiger partial charge in [-0.2, -0.15) is 0 Å². The van der Waals surface area contributed by atoms with Crippen molar-refractivity contribution in [2.75, 3.05) is 0 Å². The largest absolute Gasteiger partial charge is 0.294 e. The smallest absolute Gasteiger partial charge is 0.164 e. The molecule has 0 saturated heterocycles. The molecule has 0 saturated carbocycles. The zero-order valence-electron chi connectivity index (χ0n) is 7.23. The van der Waals surface area contributed by atoms with Crippen molar-refractivity contribution in [3.8, 4) is 0 Å². The fourth-order valence-corrected chi connectivity index (χ4v) is 1.49. The third-order valence-corrected chi connectivity index (χ3v) is 2.14. The summed E-state index contributed by atoms with van der Waals surface area (Å²) in [6.07, 6.45) is 0.505. The number of carbonyl (C=O) groups excluding carboxylic acids is 1. The number of Topliss-reactive ketones (excluding diaryl/α,β-unsaturated/α-hetero) is 1. The van der Waals surface area contributed by atoms with Crippen molar-refractivity contribution in [3.05, 3.63) is 34.3 Å². The monoisotopic (exact) mass is 182 g/mol. The molecule has 0 aliphatic heterocycles. The van der Waals surface area contributed by atoms with E-state index in [1.54, 1.807) is 6.07 Å². The topological polar surface area (TPSA) is 17.1 Å². The van der Waals surface area contributed by atoms with E-state index in [4.69, 9.17) is 11.6 Å². The van der Waals surface area contributed by atoms with E-state index in [0.717, 1.165) is 5.56 Å². The van der Waals surface area contributed by atoms with Gasteiger partial charge in [0.1, 0.15) is 0 Å². The van der Waals surface area contributed by atoms with Gasteiger partial charge in [-0.25, -0.2) is 0 Å². The zero-order valence-corrected chi connectivity index (χ0v) is 7.98. The molecule has 2 heteroatoms. The van der Waals surface area contributed by atoms with Crippen LogP contribution in [0.4, 0.5) is 0 Å². The van der Waals surface area contributed by atoms with Crippen molar-refractivity contribution in [1.29, 1.82) is 0 Å². The molecular formula is C10H11ClO. The van der Waals surface area contributed by atoms with Crippen LogP contribution in [0.5, 0.6) is 0 Å². The molecule has 1 aromatic rings. The number of carbonyl (C=O) groups is 1. The first kappa shape index (κ1) is 9.27. The van der Waals surface area contributed by atoms with Crippen LogP contribution in [0, 0.1) is 6.92 Å². The van der Waals surface area contributed by atoms with Crippen LogP contribution in [0.25, 0.3) is 0 Å². The summed E-state index contributed by atoms with van der Waals surface area (Å²) in [6.45, 7) is 3.74. The number of benzene rings is 1. The van der Waals surface area contributed by atoms with Crippen LogP contribution in [0.15, 0.2) is 18.2 Å². The van der Waals surface area contributed by atoms with Gasteiger partial charge in [0, 0.05) is 12.0 Å². The molecular weight excluding hydrogens is 172 g/mol. The summed E-state index contributed by atoms with van der Waals surface area (Å²) in [6, 6.07) is 5.50. The second-order valence-corrected chi connectivity index (χ2v) is 3.12. The minimum Gasteiger partial charge on any atom is -0.294 e. The van der Waals surface area contributed by atoms with Crippen LogP contribution in [-0.4, -0.2) is 5.78 Å². The fraction of sp³-hybridized carbons (Fsp3) is 0.300. The Morgan fingerprint density at radius 2 is 2.17 bits per heavy atom. The van der Waals surface area contributed by atoms with Crippen LogP contribution in [-0.2, 0) is 0 Å². The number of rotatable bonds is 2. The molecule has 0 aliphatic carbocycles. The van der Waals surface area contributed by atoms with E-state index in [1.165, 1.54) is 0 Å². The van der Waals surface area contributed by atoms with Gasteiger partial charge in [-0.05, 0) is 18.6 Å². The van der Waals surface area contributed by atoms with Gasteiger partial charge in [0.15, 0.2) is 5.78 Å². The minimum absolute atomic E-state index is 0.109. The Morgan fingerprint density at radius 1 is 1.50 bits per heavy atom. The zero-order chi connectivity index (χ0) is 9.14. The lowest BCUT2D eigenvalue weighted by molar-refractivity contribution is 0.0987. The third-order valence-electron chi connectivity index (χ3n) is 1.82. The van der Waals surface area contributed by atoms with Gasteiger partial charge in [-0.1, -0.05) is 30.7 Å². The molecule has 12 heavy (non-hydrogen) atoms. The quantitative estimate of drug-likeness (QED) is 0.642. The lowest BCUT2D eigenvalue weighted by Crippen LogP contribution is -2.00. The molecule has 1 rings (SSSR count). The maximum absolute atomic E-state index is 11.4. The first-order valence-corrected chi connectivity index (χ1v) is 4.33. The normalized spacial score (nSPS) is 9.92. The Morgan fingerprint density at radius 3 is 2.67 bits per heavy atom. The van der Waals surface area contributed by atoms with Gasteiger partial charge in [0.2, 0.25) is 0 Å². The molecule has 0 bridgehead atoms. The molecule has 0 N–H and O–H groups in total. The number of hydrogen-bond acceptors (Lipinski definition) is 1. The van der Waals surface area contributed by atoms with Gasteiger partial charge < -0.3 is 0 Å². The minimum atomic E-state index is 0.109. The molecule has 0 aliphatic rings. The average Bonchev–Trinajstić information content (AvgIpc) is 2.03. The molecule has 1 nitrogen and oxygen atoms in total. The van der Waals surface area contributed by atoms with Gasteiger partial charge >= 0.3 is 0 Å². The lowest BCUT2D eigenvalue weighted by Gasteiger charge is -2.04. The molecule has 64 valence electrons. The Bertz CT molecular complexity index is 284. The van der Waals surface area contributed by atoms with Gasteiger partial charge in [0.05, 0.1) is 5.02 Å². The summed E-state index contributed by atoms with van der Waals surface area (Å²) in [5, 5.41) is 0.557. The molecule has 0 atom stereocenters. The standard InChI is InChI=1S/C10H11ClO/c1-3-9(12)10-7(2)5-4-6-8(10)11/h4-6H,3H2,1-2H3. The first-order chi connectivity index (χ1) is 5.66. The van der Waals surface area contributed by atoms with Crippen molar-refractivity contribution in [2.24, 2.45) is 0 Å². The summed E-state index contributed by atoms with van der Waals surface area (Å²) in [5.41, 5.74) is 1.62. The van der Waals surface area contributed by atoms with Crippen molar-refractivity contribution >= 4 is 17.4 Å². The van der Waals surface area contributed by atoms with E-state index in [9.17, 15) is 4.79 Å². The van der Waals surface area contributed by atoms with E-state index >= 15 is 0 Å². The first-order valence-electron chi connectivity index (χ1n) is 3.95. The highest BCUT2D eigenvalue weighted by Crippen LogP contribution is 2.20. The highest BCUT2D eigenvalue weighted by atomic mass is 35.5. The molecule has 0 radical (unpaired) electrons. The van der Waals surface area contributed by atoms with E-state index in [0.29, 0.717) is 17.0 Å². The van der Waals surface area contributed by atoms with E-state index in [-0.39, 0.29) is 5.78 Å². The second-order valence-electron chi connectivity index (χ2n) is 2.71. The number of halogens is 1. The van der Waals surface area contributed by atoms with Crippen LogP contribution in [0.2, 0.25) is 5.02 Å². The Kier molecular flexibility index (Phi) is 2.88. The number of ketones is 1. The summed E-state index contributed by atoms with van der Waals surface area (Å²) in [7, 11) is 0. The molecule has 0 amide bonds. The fourth-order valence-electron chi connectivity index (χ4n) is 1.16. The molecule has 0 heterocycles. The second kappa shape index (κ2) is 3.72. The van der Waals surface area contributed by atoms with E-state index < -0.39 is 0 Å². The van der Waals surface area contributed by atoms with Crippen LogP contribution in [0.1, 0.15) is 29.3 Å². The maximum Gasteiger partial charge on any atom is 0.164 e. The molecule has 1 aromatic carbocycles. The highest BCUT2D eigenvalue weighted by molar-refractivity contribution is 6.34. The Balaban J connectivity index is 3.21. The van der Waals surface area contributed by atoms with Crippen LogP contribution >= 0.6 is 11.6 Å². The molecule has 0 unspecified atom stereocenters. The molecule has 0 fully saturated rings. The molecule has 0 aromatic heterocycles. The Labute approximate surface area is 77.4 Å². The van der Waals surface area contributed by atoms with Crippen LogP contribution in [0.3, 0.4) is 0 Å². The Hall–Kier alpha value is -0.820. The van der Waals surface area contributed by atoms with Crippen molar-refractivity contribution in [1.82, 2.24) is 0 Å². The summed E-state index contributed by atoms with van der Waals surface area (Å²) in [4.78, 5) is 11.4. The lowest BCUT2D eigenvalue weighted by atomic mass is 10.0. The van der Waals surface area contributed by atoms with Gasteiger partial charge in [0.25, 0.3) is 0 Å². The predicted molar refractivity (Wildman–Crippen MR) is 50.8 cm³/mol.